The highest BCUT2D eigenvalue weighted by Crippen LogP contribution is 2.26. The lowest BCUT2D eigenvalue weighted by Crippen LogP contribution is -1.97. The van der Waals surface area contributed by atoms with Crippen molar-refractivity contribution in [3.8, 4) is 0 Å². The van der Waals surface area contributed by atoms with Gasteiger partial charge in [0.05, 0.1) is 11.4 Å². The lowest BCUT2D eigenvalue weighted by molar-refractivity contribution is 1.41. The van der Waals surface area contributed by atoms with E-state index in [9.17, 15) is 0 Å². The standard InChI is InChI=1S/C14H15BrN2/c1-9-3-6-14(13(16)7-9)17-11-4-5-12(15)10(2)8-11/h3-8,17H,16H2,1-2H3. The molecule has 0 aliphatic heterocycles. The summed E-state index contributed by atoms with van der Waals surface area (Å²) >= 11 is 3.49. The summed E-state index contributed by atoms with van der Waals surface area (Å²) in [4.78, 5) is 0. The number of anilines is 3. The van der Waals surface area contributed by atoms with E-state index in [1.165, 1.54) is 11.1 Å². The van der Waals surface area contributed by atoms with Gasteiger partial charge in [0.1, 0.15) is 0 Å². The molecule has 3 N–H and O–H groups in total. The van der Waals surface area contributed by atoms with Crippen LogP contribution in [0.1, 0.15) is 11.1 Å². The Bertz CT molecular complexity index is 550. The van der Waals surface area contributed by atoms with Crippen molar-refractivity contribution in [2.24, 2.45) is 0 Å². The first kappa shape index (κ1) is 12.0. The molecular formula is C14H15BrN2. The fourth-order valence-corrected chi connectivity index (χ4v) is 1.92. The zero-order valence-electron chi connectivity index (χ0n) is 9.92. The molecule has 2 nitrogen and oxygen atoms in total. The van der Waals surface area contributed by atoms with E-state index in [0.29, 0.717) is 0 Å². The van der Waals surface area contributed by atoms with E-state index in [0.717, 1.165) is 21.5 Å². The van der Waals surface area contributed by atoms with Gasteiger partial charge in [0.2, 0.25) is 0 Å². The fourth-order valence-electron chi connectivity index (χ4n) is 1.67. The maximum absolute atomic E-state index is 5.97. The number of benzene rings is 2. The van der Waals surface area contributed by atoms with E-state index in [1.807, 2.05) is 37.3 Å². The Labute approximate surface area is 110 Å². The molecule has 0 saturated heterocycles. The second-order valence-electron chi connectivity index (χ2n) is 4.18. The van der Waals surface area contributed by atoms with Gasteiger partial charge in [0.25, 0.3) is 0 Å². The van der Waals surface area contributed by atoms with Crippen LogP contribution in [0.25, 0.3) is 0 Å². The van der Waals surface area contributed by atoms with Gasteiger partial charge in [0, 0.05) is 10.2 Å². The van der Waals surface area contributed by atoms with Crippen LogP contribution in [0.15, 0.2) is 40.9 Å². The van der Waals surface area contributed by atoms with E-state index < -0.39 is 0 Å². The number of hydrogen-bond donors (Lipinski definition) is 2. The molecule has 0 aliphatic rings. The molecule has 3 heteroatoms. The van der Waals surface area contributed by atoms with Gasteiger partial charge in [-0.1, -0.05) is 22.0 Å². The Kier molecular flexibility index (Phi) is 3.38. The van der Waals surface area contributed by atoms with Crippen molar-refractivity contribution in [3.63, 3.8) is 0 Å². The van der Waals surface area contributed by atoms with Gasteiger partial charge >= 0.3 is 0 Å². The van der Waals surface area contributed by atoms with E-state index in [-0.39, 0.29) is 0 Å². The average molecular weight is 291 g/mol. The largest absolute Gasteiger partial charge is 0.397 e. The molecule has 2 aromatic rings. The van der Waals surface area contributed by atoms with Crippen molar-refractivity contribution >= 4 is 33.0 Å². The van der Waals surface area contributed by atoms with Crippen LogP contribution in [-0.4, -0.2) is 0 Å². The van der Waals surface area contributed by atoms with Crippen LogP contribution < -0.4 is 11.1 Å². The Morgan fingerprint density at radius 3 is 2.47 bits per heavy atom. The van der Waals surface area contributed by atoms with Crippen molar-refractivity contribution in [2.75, 3.05) is 11.1 Å². The smallest absolute Gasteiger partial charge is 0.0618 e. The molecule has 0 aromatic heterocycles. The van der Waals surface area contributed by atoms with E-state index in [4.69, 9.17) is 5.73 Å². The minimum Gasteiger partial charge on any atom is -0.397 e. The minimum absolute atomic E-state index is 0.769. The second-order valence-corrected chi connectivity index (χ2v) is 5.03. The van der Waals surface area contributed by atoms with E-state index in [2.05, 4.69) is 34.2 Å². The van der Waals surface area contributed by atoms with Crippen molar-refractivity contribution in [1.29, 1.82) is 0 Å². The van der Waals surface area contributed by atoms with Gasteiger partial charge in [-0.3, -0.25) is 0 Å². The number of rotatable bonds is 2. The molecule has 0 fully saturated rings. The maximum atomic E-state index is 5.97. The van der Waals surface area contributed by atoms with Crippen LogP contribution in [0, 0.1) is 13.8 Å². The average Bonchev–Trinajstić information content (AvgIpc) is 2.27. The Morgan fingerprint density at radius 1 is 1.06 bits per heavy atom. The quantitative estimate of drug-likeness (QED) is 0.805. The lowest BCUT2D eigenvalue weighted by Gasteiger charge is -2.11. The van der Waals surface area contributed by atoms with Crippen LogP contribution in [0.5, 0.6) is 0 Å². The first-order valence-corrected chi connectivity index (χ1v) is 6.25. The maximum Gasteiger partial charge on any atom is 0.0618 e. The van der Waals surface area contributed by atoms with Crippen molar-refractivity contribution in [3.05, 3.63) is 52.0 Å². The normalized spacial score (nSPS) is 10.3. The van der Waals surface area contributed by atoms with E-state index in [1.54, 1.807) is 0 Å². The summed E-state index contributed by atoms with van der Waals surface area (Å²) in [6.45, 7) is 4.09. The number of nitrogen functional groups attached to an aromatic ring is 1. The first-order chi connectivity index (χ1) is 8.06. The minimum atomic E-state index is 0.769. The molecule has 2 rings (SSSR count). The molecule has 88 valence electrons. The van der Waals surface area contributed by atoms with Crippen LogP contribution >= 0.6 is 15.9 Å². The number of aryl methyl sites for hydroxylation is 2. The predicted molar refractivity (Wildman–Crippen MR) is 77.8 cm³/mol. The molecule has 0 heterocycles. The molecule has 17 heavy (non-hydrogen) atoms. The van der Waals surface area contributed by atoms with Gasteiger partial charge in [-0.25, -0.2) is 0 Å². The highest BCUT2D eigenvalue weighted by atomic mass is 79.9. The lowest BCUT2D eigenvalue weighted by atomic mass is 10.1. The number of nitrogens with one attached hydrogen (secondary N) is 1. The van der Waals surface area contributed by atoms with Crippen molar-refractivity contribution in [2.45, 2.75) is 13.8 Å². The summed E-state index contributed by atoms with van der Waals surface area (Å²) in [6, 6.07) is 12.2. The summed E-state index contributed by atoms with van der Waals surface area (Å²) in [5, 5.41) is 3.32. The van der Waals surface area contributed by atoms with Gasteiger partial charge in [-0.15, -0.1) is 0 Å². The molecule has 0 amide bonds. The summed E-state index contributed by atoms with van der Waals surface area (Å²) in [6.07, 6.45) is 0. The van der Waals surface area contributed by atoms with Gasteiger partial charge in [-0.05, 0) is 55.3 Å². The van der Waals surface area contributed by atoms with Crippen LogP contribution in [-0.2, 0) is 0 Å². The van der Waals surface area contributed by atoms with Gasteiger partial charge in [0.15, 0.2) is 0 Å². The summed E-state index contributed by atoms with van der Waals surface area (Å²) in [7, 11) is 0. The van der Waals surface area contributed by atoms with Gasteiger partial charge < -0.3 is 11.1 Å². The number of halogens is 1. The van der Waals surface area contributed by atoms with E-state index >= 15 is 0 Å². The zero-order valence-corrected chi connectivity index (χ0v) is 11.5. The molecular weight excluding hydrogens is 276 g/mol. The Morgan fingerprint density at radius 2 is 1.82 bits per heavy atom. The summed E-state index contributed by atoms with van der Waals surface area (Å²) < 4.78 is 1.11. The molecule has 0 spiro atoms. The van der Waals surface area contributed by atoms with Crippen molar-refractivity contribution < 1.29 is 0 Å². The monoisotopic (exact) mass is 290 g/mol. The molecule has 0 saturated carbocycles. The Hall–Kier alpha value is -1.48. The summed E-state index contributed by atoms with van der Waals surface area (Å²) in [5.41, 5.74) is 11.1. The predicted octanol–water partition coefficient (Wildman–Crippen LogP) is 4.39. The third-order valence-electron chi connectivity index (χ3n) is 2.64. The SMILES string of the molecule is Cc1ccc(Nc2ccc(Br)c(C)c2)c(N)c1. The topological polar surface area (TPSA) is 38.0 Å². The van der Waals surface area contributed by atoms with Crippen molar-refractivity contribution in [1.82, 2.24) is 0 Å². The molecule has 0 atom stereocenters. The molecule has 0 unspecified atom stereocenters. The Balaban J connectivity index is 2.28. The zero-order chi connectivity index (χ0) is 12.4. The highest BCUT2D eigenvalue weighted by molar-refractivity contribution is 9.10. The number of hydrogen-bond acceptors (Lipinski definition) is 2. The molecule has 2 aromatic carbocycles. The third kappa shape index (κ3) is 2.80. The molecule has 0 radical (unpaired) electrons. The fraction of sp³-hybridized carbons (Fsp3) is 0.143. The highest BCUT2D eigenvalue weighted by Gasteiger charge is 2.01. The van der Waals surface area contributed by atoms with Gasteiger partial charge in [-0.2, -0.15) is 0 Å². The van der Waals surface area contributed by atoms with Crippen LogP contribution in [0.3, 0.4) is 0 Å². The summed E-state index contributed by atoms with van der Waals surface area (Å²) in [5.74, 6) is 0. The molecule has 0 bridgehead atoms. The third-order valence-corrected chi connectivity index (χ3v) is 3.53. The van der Waals surface area contributed by atoms with Crippen LogP contribution in [0.4, 0.5) is 17.1 Å². The molecule has 0 aliphatic carbocycles. The van der Waals surface area contributed by atoms with Crippen LogP contribution in [0.2, 0.25) is 0 Å². The first-order valence-electron chi connectivity index (χ1n) is 5.45. The second kappa shape index (κ2) is 4.80. The number of nitrogens with two attached hydrogens (primary N) is 1.